The molecule has 1 N–H and O–H groups in total. The smallest absolute Gasteiger partial charge is 0.262 e. The van der Waals surface area contributed by atoms with Crippen molar-refractivity contribution in [3.63, 3.8) is 0 Å². The number of piperazine rings is 1. The van der Waals surface area contributed by atoms with Gasteiger partial charge in [-0.25, -0.2) is 14.8 Å². The fourth-order valence-corrected chi connectivity index (χ4v) is 10.5. The summed E-state index contributed by atoms with van der Waals surface area (Å²) in [7, 11) is 0. The number of halogens is 1. The summed E-state index contributed by atoms with van der Waals surface area (Å²) < 4.78 is 0. The molecule has 58 heavy (non-hydrogen) atoms. The quantitative estimate of drug-likeness (QED) is 0.263. The molecule has 0 saturated carbocycles. The molecule has 4 amide bonds. The van der Waals surface area contributed by atoms with E-state index < -0.39 is 23.8 Å². The second-order valence-electron chi connectivity index (χ2n) is 17.0. The van der Waals surface area contributed by atoms with Gasteiger partial charge < -0.3 is 14.7 Å². The van der Waals surface area contributed by atoms with E-state index in [1.165, 1.54) is 0 Å². The van der Waals surface area contributed by atoms with E-state index >= 15 is 0 Å². The summed E-state index contributed by atoms with van der Waals surface area (Å²) in [6.07, 6.45) is 9.81. The Morgan fingerprint density at radius 2 is 1.55 bits per heavy atom. The number of anilines is 3. The van der Waals surface area contributed by atoms with E-state index in [1.54, 1.807) is 12.1 Å². The third kappa shape index (κ3) is 7.28. The maximum absolute atomic E-state index is 13.4. The molecule has 0 radical (unpaired) electrons. The van der Waals surface area contributed by atoms with Crippen molar-refractivity contribution in [1.29, 1.82) is 0 Å². The van der Waals surface area contributed by atoms with E-state index in [-0.39, 0.29) is 24.2 Å². The number of aromatic nitrogens is 2. The summed E-state index contributed by atoms with van der Waals surface area (Å²) in [4.78, 5) is 76.9. The molecule has 2 aromatic carbocycles. The van der Waals surface area contributed by atoms with Crippen molar-refractivity contribution in [2.45, 2.75) is 76.5 Å². The van der Waals surface area contributed by atoms with Crippen LogP contribution in [0.3, 0.4) is 0 Å². The van der Waals surface area contributed by atoms with Gasteiger partial charge in [-0.05, 0) is 94.3 Å². The molecule has 14 nitrogen and oxygen atoms in total. The molecule has 2 atom stereocenters. The molecular weight excluding hydrogens is 756 g/mol. The van der Waals surface area contributed by atoms with Gasteiger partial charge in [0.1, 0.15) is 6.04 Å². The number of rotatable bonds is 7. The first-order valence-corrected chi connectivity index (χ1v) is 21.0. The van der Waals surface area contributed by atoms with Crippen LogP contribution in [0.25, 0.3) is 4.85 Å². The van der Waals surface area contributed by atoms with Crippen molar-refractivity contribution < 1.29 is 19.2 Å². The van der Waals surface area contributed by atoms with Crippen LogP contribution in [0.5, 0.6) is 0 Å². The molecule has 0 bridgehead atoms. The summed E-state index contributed by atoms with van der Waals surface area (Å²) >= 11 is 6.39. The first kappa shape index (κ1) is 38.4. The van der Waals surface area contributed by atoms with Crippen molar-refractivity contribution in [2.75, 3.05) is 73.6 Å². The van der Waals surface area contributed by atoms with Crippen LogP contribution in [0.1, 0.15) is 78.1 Å². The lowest BCUT2D eigenvalue weighted by atomic mass is 9.77. The first-order chi connectivity index (χ1) is 28.1. The average Bonchev–Trinajstić information content (AvgIpc) is 3.69. The second-order valence-corrected chi connectivity index (χ2v) is 17.4. The summed E-state index contributed by atoms with van der Waals surface area (Å²) in [6.45, 7) is 18.9. The monoisotopic (exact) mass is 804 g/mol. The minimum atomic E-state index is -0.962. The van der Waals surface area contributed by atoms with Crippen molar-refractivity contribution in [3.8, 4) is 0 Å². The Hall–Kier alpha value is -5.10. The zero-order valence-corrected chi connectivity index (χ0v) is 33.7. The third-order valence-corrected chi connectivity index (χ3v) is 13.8. The van der Waals surface area contributed by atoms with Gasteiger partial charge in [0.15, 0.2) is 0 Å². The molecule has 6 aliphatic heterocycles. The van der Waals surface area contributed by atoms with Gasteiger partial charge in [0.05, 0.1) is 17.7 Å². The number of fused-ring (bicyclic) bond motifs is 1. The largest absolute Gasteiger partial charge is 0.369 e. The Labute approximate surface area is 343 Å². The van der Waals surface area contributed by atoms with Crippen molar-refractivity contribution in [2.24, 2.45) is 5.41 Å². The fraction of sp³-hybridized carbons (Fsp3) is 0.512. The number of nitrogens with zero attached hydrogens (tertiary/aromatic N) is 9. The SMILES string of the molecule is [C-]#[N+]c1ccc(N2CC3(CCN(c4ncc(CN5CCC(N6CCN(c7ccc8c(c7)C(=O)N(C7CCC(=O)NC7=O)C8=O)CC6)CC5)cn4)CC3)C[C@@H]2C)cc1Cl. The second kappa shape index (κ2) is 15.6. The average molecular weight is 805 g/mol. The fourth-order valence-electron chi connectivity index (χ4n) is 10.3. The van der Waals surface area contributed by atoms with Gasteiger partial charge in [0, 0.05) is 105 Å². The lowest BCUT2D eigenvalue weighted by Gasteiger charge is -2.43. The van der Waals surface area contributed by atoms with Crippen LogP contribution in [-0.4, -0.2) is 125 Å². The molecule has 1 unspecified atom stereocenters. The number of piperidine rings is 3. The number of carbonyl (C=O) groups excluding carboxylic acids is 4. The number of nitrogens with one attached hydrogen (secondary N) is 1. The summed E-state index contributed by atoms with van der Waals surface area (Å²) in [5, 5.41) is 2.77. The highest BCUT2D eigenvalue weighted by atomic mass is 35.5. The van der Waals surface area contributed by atoms with Crippen LogP contribution in [0.4, 0.5) is 23.0 Å². The minimum absolute atomic E-state index is 0.101. The molecule has 0 aliphatic carbocycles. The summed E-state index contributed by atoms with van der Waals surface area (Å²) in [5.41, 5.74) is 4.53. The summed E-state index contributed by atoms with van der Waals surface area (Å²) in [5.74, 6) is -1.11. The predicted octanol–water partition coefficient (Wildman–Crippen LogP) is 4.75. The molecule has 1 aromatic heterocycles. The molecule has 1 spiro atoms. The van der Waals surface area contributed by atoms with Crippen molar-refractivity contribution in [3.05, 3.63) is 81.9 Å². The number of hydrogen-bond donors (Lipinski definition) is 1. The van der Waals surface area contributed by atoms with Gasteiger partial charge in [-0.3, -0.25) is 39.2 Å². The van der Waals surface area contributed by atoms with Gasteiger partial charge in [0.25, 0.3) is 11.8 Å². The highest BCUT2D eigenvalue weighted by Gasteiger charge is 2.46. The number of imide groups is 2. The normalized spacial score (nSPS) is 24.4. The first-order valence-electron chi connectivity index (χ1n) is 20.6. The van der Waals surface area contributed by atoms with E-state index in [2.05, 4.69) is 41.6 Å². The Balaban J connectivity index is 0.720. The molecule has 3 aromatic rings. The molecule has 302 valence electrons. The maximum atomic E-state index is 13.4. The van der Waals surface area contributed by atoms with Crippen LogP contribution < -0.4 is 20.0 Å². The van der Waals surface area contributed by atoms with Crippen molar-refractivity contribution in [1.82, 2.24) is 30.0 Å². The Bertz CT molecular complexity index is 2150. The van der Waals surface area contributed by atoms with Gasteiger partial charge >= 0.3 is 0 Å². The number of hydrogen-bond acceptors (Lipinski definition) is 11. The van der Waals surface area contributed by atoms with Gasteiger partial charge in [-0.15, -0.1) is 0 Å². The lowest BCUT2D eigenvalue weighted by molar-refractivity contribution is -0.136. The standard InChI is InChI=1S/C43H49ClN10O4/c1-28-23-43(27-53(28)32-4-6-36(45-2)35(44)22-32)11-15-52(16-12-43)42-46-24-29(25-47-42)26-49-13-9-30(10-14-49)50-17-19-51(20-18-50)31-3-5-33-34(21-31)41(58)54(40(33)57)37-7-8-38(55)48-39(37)56/h3-6,21-22,24-25,28,30,37H,7-20,23,26-27H2,1H3,(H,48,55,56)/t28-,37?/m0/s1. The minimum Gasteiger partial charge on any atom is -0.369 e. The van der Waals surface area contributed by atoms with E-state index in [0.29, 0.717) is 33.9 Å². The zero-order valence-electron chi connectivity index (χ0n) is 32.9. The number of carbonyl (C=O) groups is 4. The van der Waals surface area contributed by atoms with Crippen LogP contribution in [0.15, 0.2) is 48.8 Å². The Kier molecular flexibility index (Phi) is 10.3. The summed E-state index contributed by atoms with van der Waals surface area (Å²) in [6, 6.07) is 11.2. The molecule has 15 heteroatoms. The molecular formula is C43H49ClN10O4. The molecule has 5 fully saturated rings. The van der Waals surface area contributed by atoms with E-state index in [0.717, 1.165) is 125 Å². The van der Waals surface area contributed by atoms with E-state index in [9.17, 15) is 19.2 Å². The van der Waals surface area contributed by atoms with Crippen LogP contribution in [0.2, 0.25) is 5.02 Å². The Morgan fingerprint density at radius 3 is 2.24 bits per heavy atom. The van der Waals surface area contributed by atoms with Crippen LogP contribution in [0, 0.1) is 12.0 Å². The van der Waals surface area contributed by atoms with E-state index in [1.807, 2.05) is 36.7 Å². The topological polar surface area (TPSA) is 130 Å². The molecule has 9 rings (SSSR count). The number of likely N-dealkylation sites (tertiary alicyclic amines) is 1. The van der Waals surface area contributed by atoms with Crippen molar-refractivity contribution >= 4 is 58.2 Å². The molecule has 6 aliphatic rings. The van der Waals surface area contributed by atoms with Crippen LogP contribution >= 0.6 is 11.6 Å². The predicted molar refractivity (Wildman–Crippen MR) is 220 cm³/mol. The Morgan fingerprint density at radius 1 is 0.845 bits per heavy atom. The van der Waals surface area contributed by atoms with E-state index in [4.69, 9.17) is 28.1 Å². The van der Waals surface area contributed by atoms with Gasteiger partial charge in [-0.1, -0.05) is 17.7 Å². The maximum Gasteiger partial charge on any atom is 0.262 e. The molecule has 7 heterocycles. The lowest BCUT2D eigenvalue weighted by Crippen LogP contribution is -2.54. The molecule has 5 saturated heterocycles. The number of benzene rings is 2. The number of amides is 4. The zero-order chi connectivity index (χ0) is 40.1. The van der Waals surface area contributed by atoms with Crippen LogP contribution in [-0.2, 0) is 16.1 Å². The highest BCUT2D eigenvalue weighted by molar-refractivity contribution is 6.33. The third-order valence-electron chi connectivity index (χ3n) is 13.5. The van der Waals surface area contributed by atoms with Gasteiger partial charge in [0.2, 0.25) is 23.5 Å². The highest BCUT2D eigenvalue weighted by Crippen LogP contribution is 2.46. The van der Waals surface area contributed by atoms with Gasteiger partial charge in [-0.2, -0.15) is 0 Å².